The molecular weight excluding hydrogens is 496 g/mol. The fraction of sp³-hybridized carbons (Fsp3) is 0.500. The summed E-state index contributed by atoms with van der Waals surface area (Å²) in [6, 6.07) is 7.30. The number of carbonyl (C=O) groups is 3. The van der Waals surface area contributed by atoms with E-state index in [1.54, 1.807) is 11.3 Å². The lowest BCUT2D eigenvalue weighted by molar-refractivity contribution is -0.128. The first-order valence-electron chi connectivity index (χ1n) is 13.4. The highest BCUT2D eigenvalue weighted by atomic mass is 32.1. The molecule has 0 aliphatic carbocycles. The lowest BCUT2D eigenvalue weighted by atomic mass is 10.0. The number of nitrogens with one attached hydrogen (secondary N) is 3. The van der Waals surface area contributed by atoms with Crippen LogP contribution in [0.4, 0.5) is 0 Å². The maximum absolute atomic E-state index is 13.4. The van der Waals surface area contributed by atoms with Gasteiger partial charge in [-0.05, 0) is 48.5 Å². The summed E-state index contributed by atoms with van der Waals surface area (Å²) >= 11 is 1.64. The molecule has 1 aromatic heterocycles. The molecule has 0 spiro atoms. The number of nitrogens with zero attached hydrogens (tertiary/aromatic N) is 1. The van der Waals surface area contributed by atoms with Crippen molar-refractivity contribution in [2.24, 2.45) is 0 Å². The van der Waals surface area contributed by atoms with Gasteiger partial charge in [0.1, 0.15) is 6.04 Å². The van der Waals surface area contributed by atoms with Crippen molar-refractivity contribution in [3.63, 3.8) is 0 Å². The van der Waals surface area contributed by atoms with Gasteiger partial charge in [-0.2, -0.15) is 0 Å². The van der Waals surface area contributed by atoms with Crippen molar-refractivity contribution >= 4 is 39.1 Å². The Labute approximate surface area is 231 Å². The number of rotatable bonds is 15. The van der Waals surface area contributed by atoms with Crippen molar-refractivity contribution in [3.05, 3.63) is 59.0 Å². The molecule has 0 saturated carbocycles. The van der Waals surface area contributed by atoms with Crippen LogP contribution in [0.5, 0.6) is 0 Å². The van der Waals surface area contributed by atoms with Crippen molar-refractivity contribution in [3.8, 4) is 0 Å². The first kappa shape index (κ1) is 31.2. The van der Waals surface area contributed by atoms with Gasteiger partial charge < -0.3 is 16.0 Å². The lowest BCUT2D eigenvalue weighted by Crippen LogP contribution is -2.53. The molecule has 38 heavy (non-hydrogen) atoms. The highest BCUT2D eigenvalue weighted by molar-refractivity contribution is 7.19. The van der Waals surface area contributed by atoms with Crippen molar-refractivity contribution in [1.82, 2.24) is 20.9 Å². The van der Waals surface area contributed by atoms with Crippen LogP contribution in [-0.4, -0.2) is 60.9 Å². The Morgan fingerprint density at radius 1 is 1.00 bits per heavy atom. The van der Waals surface area contributed by atoms with Crippen LogP contribution in [-0.2, 0) is 20.8 Å². The molecule has 208 valence electrons. The van der Waals surface area contributed by atoms with Crippen LogP contribution < -0.4 is 16.0 Å². The molecule has 2 rings (SSSR count). The van der Waals surface area contributed by atoms with E-state index in [9.17, 15) is 14.4 Å². The Bertz CT molecular complexity index is 1150. The number of carbonyl (C=O) groups excluding carboxylic acids is 3. The van der Waals surface area contributed by atoms with E-state index in [0.717, 1.165) is 33.6 Å². The van der Waals surface area contributed by atoms with Crippen LogP contribution in [0.15, 0.2) is 48.6 Å². The molecule has 0 aliphatic heterocycles. The summed E-state index contributed by atoms with van der Waals surface area (Å²) in [4.78, 5) is 41.1. The summed E-state index contributed by atoms with van der Waals surface area (Å²) in [5.41, 5.74) is 2.53. The van der Waals surface area contributed by atoms with Gasteiger partial charge in [-0.1, -0.05) is 65.5 Å². The molecule has 8 heteroatoms. The number of benzene rings is 1. The molecule has 7 nitrogen and oxygen atoms in total. The Kier molecular flexibility index (Phi) is 12.2. The fourth-order valence-corrected chi connectivity index (χ4v) is 5.30. The average molecular weight is 541 g/mol. The van der Waals surface area contributed by atoms with Gasteiger partial charge in [-0.25, -0.2) is 0 Å². The van der Waals surface area contributed by atoms with Crippen molar-refractivity contribution < 1.29 is 14.4 Å². The van der Waals surface area contributed by atoms with Crippen LogP contribution in [0.1, 0.15) is 64.3 Å². The lowest BCUT2D eigenvalue weighted by Gasteiger charge is -2.25. The zero-order valence-corrected chi connectivity index (χ0v) is 24.6. The fourth-order valence-electron chi connectivity index (χ4n) is 4.14. The third kappa shape index (κ3) is 9.10. The minimum absolute atomic E-state index is 0.197. The quantitative estimate of drug-likeness (QED) is 0.229. The topological polar surface area (TPSA) is 90.5 Å². The van der Waals surface area contributed by atoms with E-state index in [0.29, 0.717) is 30.9 Å². The first-order valence-corrected chi connectivity index (χ1v) is 14.3. The van der Waals surface area contributed by atoms with Gasteiger partial charge in [-0.3, -0.25) is 19.3 Å². The molecule has 1 heterocycles. The molecule has 3 amide bonds. The van der Waals surface area contributed by atoms with E-state index in [1.165, 1.54) is 12.5 Å². The van der Waals surface area contributed by atoms with Gasteiger partial charge in [0.2, 0.25) is 17.7 Å². The second kappa shape index (κ2) is 14.8. The van der Waals surface area contributed by atoms with Crippen LogP contribution in [0, 0.1) is 0 Å². The highest BCUT2D eigenvalue weighted by Gasteiger charge is 2.25. The van der Waals surface area contributed by atoms with Gasteiger partial charge in [0, 0.05) is 41.6 Å². The summed E-state index contributed by atoms with van der Waals surface area (Å²) in [7, 11) is 0. The average Bonchev–Trinajstić information content (AvgIpc) is 3.29. The maximum atomic E-state index is 13.4. The van der Waals surface area contributed by atoms with E-state index in [2.05, 4.69) is 72.1 Å². The van der Waals surface area contributed by atoms with E-state index in [4.69, 9.17) is 0 Å². The van der Waals surface area contributed by atoms with Gasteiger partial charge in [0.05, 0.1) is 6.04 Å². The molecule has 1 aromatic carbocycles. The van der Waals surface area contributed by atoms with Gasteiger partial charge in [-0.15, -0.1) is 11.3 Å². The molecule has 0 radical (unpaired) electrons. The predicted molar refractivity (Wildman–Crippen MR) is 159 cm³/mol. The largest absolute Gasteiger partial charge is 0.350 e. The summed E-state index contributed by atoms with van der Waals surface area (Å²) in [6.07, 6.45) is 1.01. The molecule has 0 fully saturated rings. The zero-order valence-electron chi connectivity index (χ0n) is 23.8. The van der Waals surface area contributed by atoms with Crippen LogP contribution in [0.2, 0.25) is 0 Å². The number of thiophene rings is 1. The molecule has 3 N–H and O–H groups in total. The number of likely N-dealkylation sites (N-methyl/N-ethyl adjacent to an activating group) is 1. The van der Waals surface area contributed by atoms with Crippen molar-refractivity contribution in [2.45, 2.75) is 72.4 Å². The SMILES string of the molecule is C=C(CN(CC)CC)C(=O)NC[C@@H](NC(=O)[C@H](Cc1cc2ccc(C(C)C)cc2s1)NC(C)=O)C(=C)CC. The van der Waals surface area contributed by atoms with Gasteiger partial charge in [0.15, 0.2) is 0 Å². The minimum Gasteiger partial charge on any atom is -0.350 e. The second-order valence-corrected chi connectivity index (χ2v) is 11.1. The van der Waals surface area contributed by atoms with Crippen molar-refractivity contribution in [2.75, 3.05) is 26.2 Å². The van der Waals surface area contributed by atoms with Crippen LogP contribution >= 0.6 is 11.3 Å². The molecule has 2 atom stereocenters. The third-order valence-corrected chi connectivity index (χ3v) is 7.84. The standard InChI is InChI=1S/C30H44N4O3S/c1-9-20(6)27(17-31-29(36)21(7)18-34(10-2)11-3)33-30(37)26(32-22(8)35)16-25-14-24-13-12-23(19(4)5)15-28(24)38-25/h12-15,19,26-27H,6-7,9-11,16-18H2,1-5,8H3,(H,31,36)(H,32,35)(H,33,37)/t26-,27+/m0/s1. The molecule has 0 unspecified atom stereocenters. The molecule has 0 bridgehead atoms. The Hall–Kier alpha value is -2.97. The normalized spacial score (nSPS) is 12.8. The monoisotopic (exact) mass is 540 g/mol. The van der Waals surface area contributed by atoms with E-state index >= 15 is 0 Å². The molecular formula is C30H44N4O3S. The third-order valence-electron chi connectivity index (χ3n) is 6.72. The molecule has 0 aliphatic rings. The second-order valence-electron chi connectivity index (χ2n) is 9.97. The smallest absolute Gasteiger partial charge is 0.248 e. The first-order chi connectivity index (χ1) is 18.0. The number of amides is 3. The predicted octanol–water partition coefficient (Wildman–Crippen LogP) is 4.54. The minimum atomic E-state index is -0.745. The Balaban J connectivity index is 2.13. The summed E-state index contributed by atoms with van der Waals surface area (Å²) in [5.74, 6) is -0.401. The number of hydrogen-bond acceptors (Lipinski definition) is 5. The Morgan fingerprint density at radius 3 is 2.26 bits per heavy atom. The summed E-state index contributed by atoms with van der Waals surface area (Å²) in [5, 5.41) is 9.82. The van der Waals surface area contributed by atoms with Crippen LogP contribution in [0.25, 0.3) is 10.1 Å². The zero-order chi connectivity index (χ0) is 28.4. The molecule has 2 aromatic rings. The van der Waals surface area contributed by atoms with E-state index in [1.807, 2.05) is 20.8 Å². The molecule has 0 saturated heterocycles. The Morgan fingerprint density at radius 2 is 1.68 bits per heavy atom. The number of hydrogen-bond donors (Lipinski definition) is 3. The maximum Gasteiger partial charge on any atom is 0.248 e. The summed E-state index contributed by atoms with van der Waals surface area (Å²) in [6.45, 7) is 22.1. The van der Waals surface area contributed by atoms with Crippen LogP contribution in [0.3, 0.4) is 0 Å². The summed E-state index contributed by atoms with van der Waals surface area (Å²) < 4.78 is 1.16. The highest BCUT2D eigenvalue weighted by Crippen LogP contribution is 2.29. The van der Waals surface area contributed by atoms with Gasteiger partial charge in [0.25, 0.3) is 0 Å². The van der Waals surface area contributed by atoms with Gasteiger partial charge >= 0.3 is 0 Å². The number of fused-ring (bicyclic) bond motifs is 1. The van der Waals surface area contributed by atoms with E-state index < -0.39 is 12.1 Å². The van der Waals surface area contributed by atoms with E-state index in [-0.39, 0.29) is 24.3 Å². The van der Waals surface area contributed by atoms with Crippen molar-refractivity contribution in [1.29, 1.82) is 0 Å².